The van der Waals surface area contributed by atoms with Crippen LogP contribution < -0.4 is 5.32 Å². The summed E-state index contributed by atoms with van der Waals surface area (Å²) < 4.78 is 0. The highest BCUT2D eigenvalue weighted by Gasteiger charge is 2.25. The van der Waals surface area contributed by atoms with Crippen molar-refractivity contribution in [2.75, 3.05) is 5.32 Å². The molecule has 0 amide bonds. The third-order valence-electron chi connectivity index (χ3n) is 3.86. The summed E-state index contributed by atoms with van der Waals surface area (Å²) in [5, 5.41) is 4.26. The van der Waals surface area contributed by atoms with Crippen molar-refractivity contribution in [3.8, 4) is 0 Å². The van der Waals surface area contributed by atoms with Crippen LogP contribution in [-0.2, 0) is 4.79 Å². The molecule has 1 aliphatic rings. The third-order valence-corrected chi connectivity index (χ3v) is 3.86. The molecule has 0 bridgehead atoms. The van der Waals surface area contributed by atoms with Gasteiger partial charge in [-0.25, -0.2) is 0 Å². The number of ketones is 2. The van der Waals surface area contributed by atoms with Crippen molar-refractivity contribution >= 4 is 33.9 Å². The molecule has 4 nitrogen and oxygen atoms in total. The predicted molar refractivity (Wildman–Crippen MR) is 89.1 cm³/mol. The number of aromatic nitrogens is 1. The fourth-order valence-corrected chi connectivity index (χ4v) is 2.78. The number of anilines is 1. The van der Waals surface area contributed by atoms with Crippen LogP contribution in [0.4, 0.5) is 5.69 Å². The largest absolute Gasteiger partial charge is 0.353 e. The summed E-state index contributed by atoms with van der Waals surface area (Å²) in [6.45, 7) is 0. The molecular formula is C19H12N2O2. The number of carbonyl (C=O) groups is 2. The lowest BCUT2D eigenvalue weighted by atomic mass is 9.92. The van der Waals surface area contributed by atoms with Crippen LogP contribution in [-0.4, -0.2) is 16.6 Å². The second kappa shape index (κ2) is 5.18. The van der Waals surface area contributed by atoms with Crippen LogP contribution in [0.3, 0.4) is 0 Å². The molecule has 1 aromatic heterocycles. The molecule has 23 heavy (non-hydrogen) atoms. The van der Waals surface area contributed by atoms with Gasteiger partial charge in [-0.3, -0.25) is 14.6 Å². The Morgan fingerprint density at radius 2 is 1.61 bits per heavy atom. The highest BCUT2D eigenvalue weighted by atomic mass is 16.2. The standard InChI is InChI=1S/C19H12N2O2/c22-17-11-16(13-7-1-2-8-14(13)19(17)23)21-15-9-3-5-12-6-4-10-20-18(12)15/h1-11,21H. The summed E-state index contributed by atoms with van der Waals surface area (Å²) in [5.74, 6) is -0.985. The molecule has 1 N–H and O–H groups in total. The Hall–Kier alpha value is -3.27. The van der Waals surface area contributed by atoms with Crippen molar-refractivity contribution in [1.29, 1.82) is 0 Å². The van der Waals surface area contributed by atoms with E-state index in [4.69, 9.17) is 0 Å². The van der Waals surface area contributed by atoms with Gasteiger partial charge in [0.1, 0.15) is 0 Å². The first-order valence-corrected chi connectivity index (χ1v) is 7.24. The molecule has 4 heteroatoms. The van der Waals surface area contributed by atoms with Crippen molar-refractivity contribution in [3.63, 3.8) is 0 Å². The minimum absolute atomic E-state index is 0.427. The Kier molecular flexibility index (Phi) is 3.01. The van der Waals surface area contributed by atoms with Gasteiger partial charge in [0.25, 0.3) is 0 Å². The molecule has 0 radical (unpaired) electrons. The fraction of sp³-hybridized carbons (Fsp3) is 0. The van der Waals surface area contributed by atoms with Gasteiger partial charge in [0.05, 0.1) is 16.9 Å². The minimum Gasteiger partial charge on any atom is -0.353 e. The minimum atomic E-state index is -0.514. The molecule has 0 aliphatic heterocycles. The smallest absolute Gasteiger partial charge is 0.233 e. The van der Waals surface area contributed by atoms with E-state index in [2.05, 4.69) is 10.3 Å². The van der Waals surface area contributed by atoms with E-state index in [0.717, 1.165) is 22.2 Å². The molecule has 0 atom stereocenters. The first-order chi connectivity index (χ1) is 11.2. The summed E-state index contributed by atoms with van der Waals surface area (Å²) in [5.41, 5.74) is 3.38. The lowest BCUT2D eigenvalue weighted by molar-refractivity contribution is -0.111. The van der Waals surface area contributed by atoms with Crippen LogP contribution in [0.15, 0.2) is 66.9 Å². The van der Waals surface area contributed by atoms with Crippen LogP contribution in [0.1, 0.15) is 15.9 Å². The van der Waals surface area contributed by atoms with Crippen LogP contribution >= 0.6 is 0 Å². The fourth-order valence-electron chi connectivity index (χ4n) is 2.78. The number of Topliss-reactive ketones (excluding diaryl/α,β-unsaturated/α-hetero) is 1. The quantitative estimate of drug-likeness (QED) is 0.736. The average Bonchev–Trinajstić information content (AvgIpc) is 2.60. The van der Waals surface area contributed by atoms with E-state index in [1.54, 1.807) is 18.3 Å². The zero-order valence-electron chi connectivity index (χ0n) is 12.1. The first kappa shape index (κ1) is 13.4. The van der Waals surface area contributed by atoms with Gasteiger partial charge in [0, 0.05) is 28.8 Å². The molecule has 0 unspecified atom stereocenters. The normalized spacial score (nSPS) is 13.7. The summed E-state index contributed by atoms with van der Waals surface area (Å²) >= 11 is 0. The molecule has 1 aliphatic carbocycles. The van der Waals surface area contributed by atoms with Crippen LogP contribution in [0.25, 0.3) is 16.6 Å². The van der Waals surface area contributed by atoms with E-state index in [1.165, 1.54) is 6.08 Å². The molecule has 2 aromatic carbocycles. The number of hydrogen-bond donors (Lipinski definition) is 1. The molecule has 110 valence electrons. The summed E-state index contributed by atoms with van der Waals surface area (Å²) in [6.07, 6.45) is 3.08. The number of benzene rings is 2. The highest BCUT2D eigenvalue weighted by molar-refractivity contribution is 6.50. The molecule has 0 saturated heterocycles. The predicted octanol–water partition coefficient (Wildman–Crippen LogP) is 3.45. The van der Waals surface area contributed by atoms with E-state index in [1.807, 2.05) is 42.5 Å². The molecule has 0 fully saturated rings. The van der Waals surface area contributed by atoms with E-state index in [-0.39, 0.29) is 0 Å². The van der Waals surface area contributed by atoms with Gasteiger partial charge in [-0.05, 0) is 12.1 Å². The van der Waals surface area contributed by atoms with E-state index in [9.17, 15) is 9.59 Å². The maximum Gasteiger partial charge on any atom is 0.233 e. The molecule has 1 heterocycles. The number of hydrogen-bond acceptors (Lipinski definition) is 4. The second-order valence-corrected chi connectivity index (χ2v) is 5.30. The zero-order chi connectivity index (χ0) is 15.8. The van der Waals surface area contributed by atoms with E-state index in [0.29, 0.717) is 11.3 Å². The Balaban J connectivity index is 1.83. The van der Waals surface area contributed by atoms with E-state index < -0.39 is 11.6 Å². The molecule has 0 saturated carbocycles. The van der Waals surface area contributed by atoms with Gasteiger partial charge in [-0.15, -0.1) is 0 Å². The SMILES string of the molecule is O=C1C=C(Nc2cccc3cccnc23)c2ccccc2C1=O. The number of nitrogens with one attached hydrogen (secondary N) is 1. The summed E-state index contributed by atoms with van der Waals surface area (Å²) in [4.78, 5) is 28.3. The number of fused-ring (bicyclic) bond motifs is 2. The van der Waals surface area contributed by atoms with Crippen molar-refractivity contribution in [1.82, 2.24) is 4.98 Å². The number of para-hydroxylation sites is 1. The highest BCUT2D eigenvalue weighted by Crippen LogP contribution is 2.29. The maximum absolute atomic E-state index is 12.0. The Morgan fingerprint density at radius 3 is 2.48 bits per heavy atom. The first-order valence-electron chi connectivity index (χ1n) is 7.24. The Labute approximate surface area is 132 Å². The lowest BCUT2D eigenvalue weighted by Gasteiger charge is -2.18. The summed E-state index contributed by atoms with van der Waals surface area (Å²) in [6, 6.07) is 16.8. The van der Waals surface area contributed by atoms with Gasteiger partial charge >= 0.3 is 0 Å². The number of carbonyl (C=O) groups excluding carboxylic acids is 2. The molecular weight excluding hydrogens is 288 g/mol. The van der Waals surface area contributed by atoms with Gasteiger partial charge in [-0.1, -0.05) is 42.5 Å². The topological polar surface area (TPSA) is 59.1 Å². The maximum atomic E-state index is 12.0. The van der Waals surface area contributed by atoms with Crippen molar-refractivity contribution in [2.24, 2.45) is 0 Å². The van der Waals surface area contributed by atoms with Gasteiger partial charge in [0.15, 0.2) is 0 Å². The zero-order valence-corrected chi connectivity index (χ0v) is 12.1. The third kappa shape index (κ3) is 2.21. The Bertz CT molecular complexity index is 984. The Morgan fingerprint density at radius 1 is 0.826 bits per heavy atom. The molecule has 0 spiro atoms. The molecule has 4 rings (SSSR count). The van der Waals surface area contributed by atoms with Gasteiger partial charge < -0.3 is 5.32 Å². The number of rotatable bonds is 2. The van der Waals surface area contributed by atoms with Crippen LogP contribution in [0.2, 0.25) is 0 Å². The number of allylic oxidation sites excluding steroid dienone is 1. The van der Waals surface area contributed by atoms with Crippen LogP contribution in [0, 0.1) is 0 Å². The van der Waals surface area contributed by atoms with Crippen LogP contribution in [0.5, 0.6) is 0 Å². The van der Waals surface area contributed by atoms with Crippen molar-refractivity contribution < 1.29 is 9.59 Å². The number of nitrogens with zero attached hydrogens (tertiary/aromatic N) is 1. The lowest BCUT2D eigenvalue weighted by Crippen LogP contribution is -2.21. The monoisotopic (exact) mass is 300 g/mol. The molecule has 3 aromatic rings. The summed E-state index contributed by atoms with van der Waals surface area (Å²) in [7, 11) is 0. The number of pyridine rings is 1. The van der Waals surface area contributed by atoms with Crippen molar-refractivity contribution in [2.45, 2.75) is 0 Å². The second-order valence-electron chi connectivity index (χ2n) is 5.30. The van der Waals surface area contributed by atoms with Gasteiger partial charge in [-0.2, -0.15) is 0 Å². The average molecular weight is 300 g/mol. The van der Waals surface area contributed by atoms with Crippen molar-refractivity contribution in [3.05, 3.63) is 78.0 Å². The van der Waals surface area contributed by atoms with Gasteiger partial charge in [0.2, 0.25) is 11.6 Å². The van der Waals surface area contributed by atoms with E-state index >= 15 is 0 Å².